The standard InChI is InChI=1S/C28H21Cl2N3O6S2/c1-38-18-8-4-14(5-9-18)24(35)22-23(15-6-10-20(34)21(11-15)39-2)33(26(37)25(22)36)27-31-32-28(41-27)40-13-16-3-7-17(29)12-19(16)30/h3-12,23,34-35H,13H2,1-2H3/b24-22-. The molecule has 1 aliphatic heterocycles. The first-order chi connectivity index (χ1) is 19.7. The summed E-state index contributed by atoms with van der Waals surface area (Å²) < 4.78 is 11.0. The van der Waals surface area contributed by atoms with Crippen LogP contribution in [-0.2, 0) is 15.3 Å². The number of aliphatic hydroxyl groups is 1. The number of ketones is 1. The second-order valence-electron chi connectivity index (χ2n) is 8.70. The Kier molecular flexibility index (Phi) is 8.41. The average Bonchev–Trinajstić information content (AvgIpc) is 3.54. The van der Waals surface area contributed by atoms with Gasteiger partial charge in [0.2, 0.25) is 5.13 Å². The van der Waals surface area contributed by atoms with Gasteiger partial charge in [0.15, 0.2) is 15.8 Å². The van der Waals surface area contributed by atoms with Crippen LogP contribution in [0.4, 0.5) is 5.13 Å². The third-order valence-electron chi connectivity index (χ3n) is 6.30. The van der Waals surface area contributed by atoms with Crippen molar-refractivity contribution in [1.82, 2.24) is 10.2 Å². The van der Waals surface area contributed by atoms with Gasteiger partial charge in [-0.05, 0) is 59.7 Å². The minimum Gasteiger partial charge on any atom is -0.507 e. The maximum absolute atomic E-state index is 13.5. The van der Waals surface area contributed by atoms with Crippen molar-refractivity contribution < 1.29 is 29.3 Å². The van der Waals surface area contributed by atoms with E-state index < -0.39 is 17.7 Å². The van der Waals surface area contributed by atoms with Gasteiger partial charge in [0.05, 0.1) is 25.8 Å². The number of rotatable bonds is 8. The van der Waals surface area contributed by atoms with Crippen LogP contribution in [0, 0.1) is 0 Å². The van der Waals surface area contributed by atoms with E-state index in [1.807, 2.05) is 6.07 Å². The van der Waals surface area contributed by atoms with Gasteiger partial charge in [-0.1, -0.05) is 58.4 Å². The highest BCUT2D eigenvalue weighted by atomic mass is 35.5. The first kappa shape index (κ1) is 28.7. The topological polar surface area (TPSA) is 122 Å². The molecule has 2 heterocycles. The lowest BCUT2D eigenvalue weighted by Gasteiger charge is -2.23. The number of benzene rings is 3. The number of phenols is 1. The summed E-state index contributed by atoms with van der Waals surface area (Å²) >= 11 is 14.7. The van der Waals surface area contributed by atoms with Crippen molar-refractivity contribution in [2.24, 2.45) is 0 Å². The summed E-state index contributed by atoms with van der Waals surface area (Å²) in [5.41, 5.74) is 1.42. The number of nitrogens with zero attached hydrogens (tertiary/aromatic N) is 3. The van der Waals surface area contributed by atoms with Crippen LogP contribution in [0.5, 0.6) is 17.2 Å². The molecular formula is C28H21Cl2N3O6S2. The Morgan fingerprint density at radius 2 is 1.78 bits per heavy atom. The lowest BCUT2D eigenvalue weighted by Crippen LogP contribution is -2.29. The highest BCUT2D eigenvalue weighted by Gasteiger charge is 2.48. The van der Waals surface area contributed by atoms with E-state index in [1.165, 1.54) is 43.0 Å². The number of anilines is 1. The van der Waals surface area contributed by atoms with Crippen molar-refractivity contribution in [2.45, 2.75) is 16.1 Å². The number of amides is 1. The van der Waals surface area contributed by atoms with Crippen LogP contribution in [0.25, 0.3) is 5.76 Å². The molecule has 210 valence electrons. The van der Waals surface area contributed by atoms with E-state index in [0.29, 0.717) is 37.0 Å². The van der Waals surface area contributed by atoms with Crippen molar-refractivity contribution in [2.75, 3.05) is 19.1 Å². The van der Waals surface area contributed by atoms with Crippen LogP contribution in [0.2, 0.25) is 10.0 Å². The molecule has 1 unspecified atom stereocenters. The Morgan fingerprint density at radius 3 is 2.46 bits per heavy atom. The number of ether oxygens (including phenoxy) is 2. The van der Waals surface area contributed by atoms with Gasteiger partial charge in [-0.15, -0.1) is 10.2 Å². The van der Waals surface area contributed by atoms with E-state index in [2.05, 4.69) is 10.2 Å². The number of hydrogen-bond acceptors (Lipinski definition) is 10. The third-order valence-corrected chi connectivity index (χ3v) is 8.99. The molecule has 1 aliphatic rings. The number of carbonyl (C=O) groups excluding carboxylic acids is 2. The van der Waals surface area contributed by atoms with Gasteiger partial charge < -0.3 is 19.7 Å². The molecule has 41 heavy (non-hydrogen) atoms. The van der Waals surface area contributed by atoms with Crippen molar-refractivity contribution >= 4 is 68.9 Å². The molecule has 4 aromatic rings. The monoisotopic (exact) mass is 629 g/mol. The molecule has 3 aromatic carbocycles. The molecule has 1 atom stereocenters. The molecule has 1 fully saturated rings. The number of hydrogen-bond donors (Lipinski definition) is 2. The van der Waals surface area contributed by atoms with Crippen LogP contribution in [0.15, 0.2) is 70.6 Å². The minimum absolute atomic E-state index is 0.126. The Morgan fingerprint density at radius 1 is 1.02 bits per heavy atom. The molecule has 0 spiro atoms. The molecule has 13 heteroatoms. The molecule has 0 radical (unpaired) electrons. The third kappa shape index (κ3) is 5.71. The van der Waals surface area contributed by atoms with E-state index >= 15 is 0 Å². The van der Waals surface area contributed by atoms with Crippen LogP contribution in [0.1, 0.15) is 22.7 Å². The second-order valence-corrected chi connectivity index (χ2v) is 11.7. The zero-order valence-electron chi connectivity index (χ0n) is 21.5. The van der Waals surface area contributed by atoms with Gasteiger partial charge in [-0.25, -0.2) is 0 Å². The number of aromatic nitrogens is 2. The van der Waals surface area contributed by atoms with Crippen LogP contribution >= 0.6 is 46.3 Å². The van der Waals surface area contributed by atoms with Crippen molar-refractivity contribution in [3.63, 3.8) is 0 Å². The lowest BCUT2D eigenvalue weighted by atomic mass is 9.95. The highest BCUT2D eigenvalue weighted by molar-refractivity contribution is 8.00. The summed E-state index contributed by atoms with van der Waals surface area (Å²) in [5, 5.41) is 31.1. The summed E-state index contributed by atoms with van der Waals surface area (Å²) in [4.78, 5) is 28.1. The largest absolute Gasteiger partial charge is 0.507 e. The van der Waals surface area contributed by atoms with Gasteiger partial charge in [-0.2, -0.15) is 0 Å². The fraction of sp³-hybridized carbons (Fsp3) is 0.143. The molecule has 0 bridgehead atoms. The molecule has 1 amide bonds. The van der Waals surface area contributed by atoms with E-state index in [9.17, 15) is 19.8 Å². The Hall–Kier alpha value is -3.77. The Labute approximate surface area is 253 Å². The smallest absolute Gasteiger partial charge is 0.301 e. The van der Waals surface area contributed by atoms with E-state index in [0.717, 1.165) is 16.9 Å². The highest BCUT2D eigenvalue weighted by Crippen LogP contribution is 2.45. The summed E-state index contributed by atoms with van der Waals surface area (Å²) in [6, 6.07) is 15.0. The number of phenolic OH excluding ortho intramolecular Hbond substituents is 1. The number of thioether (sulfide) groups is 1. The normalized spacial score (nSPS) is 16.3. The number of carbonyl (C=O) groups is 2. The summed E-state index contributed by atoms with van der Waals surface area (Å²) in [7, 11) is 2.89. The van der Waals surface area contributed by atoms with Crippen molar-refractivity contribution in [1.29, 1.82) is 0 Å². The second kappa shape index (κ2) is 12.0. The fourth-order valence-corrected chi connectivity index (χ4v) is 6.68. The van der Waals surface area contributed by atoms with Crippen molar-refractivity contribution in [3.05, 3.63) is 93.0 Å². The van der Waals surface area contributed by atoms with Gasteiger partial charge in [0.25, 0.3) is 5.78 Å². The first-order valence-electron chi connectivity index (χ1n) is 11.9. The van der Waals surface area contributed by atoms with Crippen molar-refractivity contribution in [3.8, 4) is 17.2 Å². The molecule has 0 aliphatic carbocycles. The molecule has 5 rings (SSSR count). The molecule has 1 saturated heterocycles. The van der Waals surface area contributed by atoms with Gasteiger partial charge in [0.1, 0.15) is 11.5 Å². The van der Waals surface area contributed by atoms with Crippen LogP contribution in [0.3, 0.4) is 0 Å². The predicted octanol–water partition coefficient (Wildman–Crippen LogP) is 6.49. The molecule has 9 nitrogen and oxygen atoms in total. The summed E-state index contributed by atoms with van der Waals surface area (Å²) in [5.74, 6) is -1.12. The summed E-state index contributed by atoms with van der Waals surface area (Å²) in [6.45, 7) is 0. The number of Topliss-reactive ketones (excluding diaryl/α,β-unsaturated/α-hetero) is 1. The fourth-order valence-electron chi connectivity index (χ4n) is 4.25. The number of aliphatic hydroxyl groups excluding tert-OH is 1. The maximum Gasteiger partial charge on any atom is 0.301 e. The minimum atomic E-state index is -1.08. The molecule has 1 aromatic heterocycles. The van der Waals surface area contributed by atoms with Gasteiger partial charge >= 0.3 is 5.91 Å². The molecule has 2 N–H and O–H groups in total. The number of methoxy groups -OCH3 is 2. The van der Waals surface area contributed by atoms with Gasteiger partial charge in [0, 0.05) is 21.4 Å². The lowest BCUT2D eigenvalue weighted by molar-refractivity contribution is -0.132. The predicted molar refractivity (Wildman–Crippen MR) is 158 cm³/mol. The van der Waals surface area contributed by atoms with E-state index in [1.54, 1.807) is 42.5 Å². The zero-order chi connectivity index (χ0) is 29.3. The van der Waals surface area contributed by atoms with E-state index in [4.69, 9.17) is 32.7 Å². The Balaban J connectivity index is 1.56. The average molecular weight is 631 g/mol. The molecular weight excluding hydrogens is 609 g/mol. The maximum atomic E-state index is 13.5. The quantitative estimate of drug-likeness (QED) is 0.0740. The number of aromatic hydroxyl groups is 1. The van der Waals surface area contributed by atoms with E-state index in [-0.39, 0.29) is 28.0 Å². The van der Waals surface area contributed by atoms with Crippen LogP contribution in [-0.4, -0.2) is 46.3 Å². The SMILES string of the molecule is COc1ccc(/C(O)=C2/C(=O)C(=O)N(c3nnc(SCc4ccc(Cl)cc4Cl)s3)C2c2ccc(O)c(OC)c2)cc1. The Bertz CT molecular complexity index is 1680. The molecule has 0 saturated carbocycles. The number of halogens is 2. The first-order valence-corrected chi connectivity index (χ1v) is 14.5. The zero-order valence-corrected chi connectivity index (χ0v) is 24.6. The summed E-state index contributed by atoms with van der Waals surface area (Å²) in [6.07, 6.45) is 0. The van der Waals surface area contributed by atoms with Gasteiger partial charge in [-0.3, -0.25) is 14.5 Å². The van der Waals surface area contributed by atoms with Crippen LogP contribution < -0.4 is 14.4 Å².